The average Bonchev–Trinajstić information content (AvgIpc) is 2.76. The van der Waals surface area contributed by atoms with Crippen LogP contribution in [0.5, 0.6) is 0 Å². The molecule has 0 aliphatic carbocycles. The van der Waals surface area contributed by atoms with Crippen LogP contribution in [0, 0.1) is 5.92 Å². The summed E-state index contributed by atoms with van der Waals surface area (Å²) in [5.74, 6) is 0.644. The number of aromatic nitrogens is 1. The third-order valence-corrected chi connectivity index (χ3v) is 4.13. The van der Waals surface area contributed by atoms with E-state index >= 15 is 0 Å². The van der Waals surface area contributed by atoms with Crippen LogP contribution >= 0.6 is 11.3 Å². The van der Waals surface area contributed by atoms with Crippen molar-refractivity contribution in [3.8, 4) is 0 Å². The van der Waals surface area contributed by atoms with Gasteiger partial charge in [-0.25, -0.2) is 4.98 Å². The molecule has 98 valence electrons. The third kappa shape index (κ3) is 4.28. The second-order valence-corrected chi connectivity index (χ2v) is 5.73. The van der Waals surface area contributed by atoms with Gasteiger partial charge in [-0.3, -0.25) is 0 Å². The van der Waals surface area contributed by atoms with Crippen molar-refractivity contribution < 1.29 is 0 Å². The van der Waals surface area contributed by atoms with Gasteiger partial charge in [0.2, 0.25) is 0 Å². The third-order valence-electron chi connectivity index (χ3n) is 3.15. The van der Waals surface area contributed by atoms with Gasteiger partial charge in [0, 0.05) is 25.0 Å². The molecule has 0 fully saturated rings. The van der Waals surface area contributed by atoms with E-state index in [2.05, 4.69) is 55.3 Å². The average molecular weight is 255 g/mol. The number of nitrogens with zero attached hydrogens (tertiary/aromatic N) is 2. The lowest BCUT2D eigenvalue weighted by Gasteiger charge is -2.27. The van der Waals surface area contributed by atoms with E-state index in [1.54, 1.807) is 11.3 Å². The summed E-state index contributed by atoms with van der Waals surface area (Å²) in [6.45, 7) is 10.9. The fraction of sp³-hybridized carbons (Fsp3) is 0.769. The standard InChI is InChI=1S/C13H25N3S/c1-6-7-14-8-12-9-17-13(15-12)16(5)11(4)10(2)3/h9-11,14H,6-8H2,1-5H3. The molecule has 4 heteroatoms. The van der Waals surface area contributed by atoms with E-state index in [9.17, 15) is 0 Å². The zero-order valence-electron chi connectivity index (χ0n) is 11.7. The molecule has 1 rings (SSSR count). The molecule has 0 aliphatic rings. The summed E-state index contributed by atoms with van der Waals surface area (Å²) in [6.07, 6.45) is 1.17. The first-order valence-electron chi connectivity index (χ1n) is 6.44. The highest BCUT2D eigenvalue weighted by molar-refractivity contribution is 7.13. The zero-order valence-corrected chi connectivity index (χ0v) is 12.5. The van der Waals surface area contributed by atoms with Gasteiger partial charge in [0.15, 0.2) is 5.13 Å². The molecule has 0 radical (unpaired) electrons. The largest absolute Gasteiger partial charge is 0.348 e. The first-order chi connectivity index (χ1) is 8.06. The van der Waals surface area contributed by atoms with Gasteiger partial charge in [-0.2, -0.15) is 0 Å². The number of hydrogen-bond donors (Lipinski definition) is 1. The fourth-order valence-electron chi connectivity index (χ4n) is 1.55. The lowest BCUT2D eigenvalue weighted by molar-refractivity contribution is 0.504. The van der Waals surface area contributed by atoms with Gasteiger partial charge in [-0.05, 0) is 25.8 Å². The molecule has 1 unspecified atom stereocenters. The van der Waals surface area contributed by atoms with E-state index in [-0.39, 0.29) is 0 Å². The molecular weight excluding hydrogens is 230 g/mol. The van der Waals surface area contributed by atoms with Gasteiger partial charge >= 0.3 is 0 Å². The van der Waals surface area contributed by atoms with Crippen molar-refractivity contribution in [3.63, 3.8) is 0 Å². The van der Waals surface area contributed by atoms with Gasteiger partial charge in [-0.15, -0.1) is 11.3 Å². The Morgan fingerprint density at radius 3 is 2.71 bits per heavy atom. The molecule has 1 aromatic rings. The fourth-order valence-corrected chi connectivity index (χ4v) is 2.43. The van der Waals surface area contributed by atoms with Crippen molar-refractivity contribution in [2.45, 2.75) is 46.7 Å². The highest BCUT2D eigenvalue weighted by Crippen LogP contribution is 2.23. The maximum Gasteiger partial charge on any atom is 0.185 e. The Bertz CT molecular complexity index is 322. The van der Waals surface area contributed by atoms with Crippen molar-refractivity contribution in [2.24, 2.45) is 5.92 Å². The predicted molar refractivity (Wildman–Crippen MR) is 76.8 cm³/mol. The topological polar surface area (TPSA) is 28.2 Å². The minimum absolute atomic E-state index is 0.526. The second kappa shape index (κ2) is 6.97. The van der Waals surface area contributed by atoms with Crippen molar-refractivity contribution in [2.75, 3.05) is 18.5 Å². The maximum absolute atomic E-state index is 4.67. The molecule has 0 aromatic carbocycles. The van der Waals surface area contributed by atoms with E-state index in [1.165, 1.54) is 6.42 Å². The van der Waals surface area contributed by atoms with Crippen LogP contribution in [0.3, 0.4) is 0 Å². The molecule has 1 N–H and O–H groups in total. The van der Waals surface area contributed by atoms with Crippen molar-refractivity contribution in [1.82, 2.24) is 10.3 Å². The summed E-state index contributed by atoms with van der Waals surface area (Å²) in [7, 11) is 2.13. The van der Waals surface area contributed by atoms with E-state index < -0.39 is 0 Å². The molecule has 0 bridgehead atoms. The Kier molecular flexibility index (Phi) is 5.92. The van der Waals surface area contributed by atoms with Crippen LogP contribution in [0.25, 0.3) is 0 Å². The molecule has 0 aliphatic heterocycles. The monoisotopic (exact) mass is 255 g/mol. The molecule has 1 heterocycles. The first-order valence-corrected chi connectivity index (χ1v) is 7.32. The number of hydrogen-bond acceptors (Lipinski definition) is 4. The Morgan fingerprint density at radius 2 is 2.12 bits per heavy atom. The lowest BCUT2D eigenvalue weighted by Crippen LogP contribution is -2.33. The Labute approximate surface area is 109 Å². The Hall–Kier alpha value is -0.610. The second-order valence-electron chi connectivity index (χ2n) is 4.89. The van der Waals surface area contributed by atoms with Gasteiger partial charge in [-0.1, -0.05) is 20.8 Å². The normalized spacial score (nSPS) is 13.1. The van der Waals surface area contributed by atoms with Crippen LogP contribution in [0.4, 0.5) is 5.13 Å². The summed E-state index contributed by atoms with van der Waals surface area (Å²) >= 11 is 1.74. The smallest absolute Gasteiger partial charge is 0.185 e. The van der Waals surface area contributed by atoms with E-state index in [1.807, 2.05) is 0 Å². The molecule has 0 amide bonds. The highest BCUT2D eigenvalue weighted by Gasteiger charge is 2.16. The highest BCUT2D eigenvalue weighted by atomic mass is 32.1. The van der Waals surface area contributed by atoms with E-state index in [4.69, 9.17) is 0 Å². The molecule has 17 heavy (non-hydrogen) atoms. The number of nitrogens with one attached hydrogen (secondary N) is 1. The van der Waals surface area contributed by atoms with Gasteiger partial charge in [0.1, 0.15) is 0 Å². The molecule has 0 saturated carbocycles. The van der Waals surface area contributed by atoms with Crippen LogP contribution in [-0.4, -0.2) is 24.6 Å². The molecule has 1 atom stereocenters. The van der Waals surface area contributed by atoms with Crippen LogP contribution in [0.1, 0.15) is 39.8 Å². The maximum atomic E-state index is 4.67. The molecule has 1 aromatic heterocycles. The summed E-state index contributed by atoms with van der Waals surface area (Å²) in [4.78, 5) is 6.94. The number of anilines is 1. The molecule has 0 spiro atoms. The minimum atomic E-state index is 0.526. The number of thiazole rings is 1. The zero-order chi connectivity index (χ0) is 12.8. The summed E-state index contributed by atoms with van der Waals surface area (Å²) in [5.41, 5.74) is 1.15. The van der Waals surface area contributed by atoms with Crippen molar-refractivity contribution in [3.05, 3.63) is 11.1 Å². The van der Waals surface area contributed by atoms with Crippen LogP contribution < -0.4 is 10.2 Å². The summed E-state index contributed by atoms with van der Waals surface area (Å²) < 4.78 is 0. The number of rotatable bonds is 7. The van der Waals surface area contributed by atoms with Crippen molar-refractivity contribution in [1.29, 1.82) is 0 Å². The van der Waals surface area contributed by atoms with Gasteiger partial charge < -0.3 is 10.2 Å². The van der Waals surface area contributed by atoms with E-state index in [0.29, 0.717) is 12.0 Å². The van der Waals surface area contributed by atoms with E-state index in [0.717, 1.165) is 23.9 Å². The lowest BCUT2D eigenvalue weighted by atomic mass is 10.1. The van der Waals surface area contributed by atoms with Crippen LogP contribution in [0.2, 0.25) is 0 Å². The van der Waals surface area contributed by atoms with Gasteiger partial charge in [0.25, 0.3) is 0 Å². The Morgan fingerprint density at radius 1 is 1.41 bits per heavy atom. The molecule has 0 saturated heterocycles. The quantitative estimate of drug-likeness (QED) is 0.759. The van der Waals surface area contributed by atoms with Crippen LogP contribution in [-0.2, 0) is 6.54 Å². The first kappa shape index (κ1) is 14.5. The van der Waals surface area contributed by atoms with Crippen molar-refractivity contribution >= 4 is 16.5 Å². The van der Waals surface area contributed by atoms with Crippen LogP contribution in [0.15, 0.2) is 5.38 Å². The summed E-state index contributed by atoms with van der Waals surface area (Å²) in [5, 5.41) is 6.66. The summed E-state index contributed by atoms with van der Waals surface area (Å²) in [6, 6.07) is 0.526. The Balaban J connectivity index is 2.55. The SMILES string of the molecule is CCCNCc1csc(N(C)C(C)C(C)C)n1. The molecular formula is C13H25N3S. The van der Waals surface area contributed by atoms with Gasteiger partial charge in [0.05, 0.1) is 5.69 Å². The predicted octanol–water partition coefficient (Wildman–Crippen LogP) is 3.12. The minimum Gasteiger partial charge on any atom is -0.348 e. The molecule has 3 nitrogen and oxygen atoms in total.